The van der Waals surface area contributed by atoms with Crippen molar-refractivity contribution in [2.75, 3.05) is 25.7 Å². The van der Waals surface area contributed by atoms with Crippen LogP contribution in [-0.4, -0.2) is 31.8 Å². The molecule has 0 aromatic carbocycles. The predicted molar refractivity (Wildman–Crippen MR) is 125 cm³/mol. The molecule has 7 heteroatoms. The number of methoxy groups -OCH3 is 1. The van der Waals surface area contributed by atoms with Crippen LogP contribution in [0.4, 0.5) is 0 Å². The summed E-state index contributed by atoms with van der Waals surface area (Å²) in [4.78, 5) is 0. The van der Waals surface area contributed by atoms with Crippen LogP contribution in [0.5, 0.6) is 0 Å². The summed E-state index contributed by atoms with van der Waals surface area (Å²) in [7, 11) is 1.65. The summed E-state index contributed by atoms with van der Waals surface area (Å²) >= 11 is 8.94. The topological polar surface area (TPSA) is 44.8 Å². The summed E-state index contributed by atoms with van der Waals surface area (Å²) in [6.45, 7) is -0.748. The molecule has 0 aromatic heterocycles. The van der Waals surface area contributed by atoms with Crippen LogP contribution in [0.15, 0.2) is 0 Å². The lowest BCUT2D eigenvalue weighted by Gasteiger charge is -2.17. The van der Waals surface area contributed by atoms with Gasteiger partial charge in [0.15, 0.2) is 0 Å². The van der Waals surface area contributed by atoms with Gasteiger partial charge in [0, 0.05) is 23.7 Å². The molecule has 0 saturated carbocycles. The van der Waals surface area contributed by atoms with E-state index in [2.05, 4.69) is 22.9 Å². The maximum absolute atomic E-state index is 11.8. The number of ether oxygens (including phenoxy) is 1. The van der Waals surface area contributed by atoms with E-state index in [0.717, 1.165) is 12.8 Å². The van der Waals surface area contributed by atoms with Gasteiger partial charge in [-0.25, -0.2) is 4.57 Å². The molecular formula is C21H43BrClO4P. The molecule has 0 bridgehead atoms. The number of hydrogen-bond acceptors (Lipinski definition) is 4. The lowest BCUT2D eigenvalue weighted by atomic mass is 10.0. The van der Waals surface area contributed by atoms with Gasteiger partial charge < -0.3 is 4.74 Å². The predicted octanol–water partition coefficient (Wildman–Crippen LogP) is 8.65. The lowest BCUT2D eigenvalue weighted by molar-refractivity contribution is 0.0456. The van der Waals surface area contributed by atoms with Crippen LogP contribution in [0.25, 0.3) is 0 Å². The highest BCUT2D eigenvalue weighted by Gasteiger charge is 2.22. The Balaban J connectivity index is 3.44. The summed E-state index contributed by atoms with van der Waals surface area (Å²) < 4.78 is 27.4. The molecule has 0 aliphatic carbocycles. The zero-order valence-corrected chi connectivity index (χ0v) is 21.4. The Morgan fingerprint density at radius 3 is 1.71 bits per heavy atom. The molecule has 0 aliphatic heterocycles. The molecule has 0 aromatic rings. The lowest BCUT2D eigenvalue weighted by Crippen LogP contribution is -2.17. The molecule has 0 aliphatic rings. The van der Waals surface area contributed by atoms with Crippen LogP contribution in [0, 0.1) is 0 Å². The molecule has 4 nitrogen and oxygen atoms in total. The van der Waals surface area contributed by atoms with Crippen LogP contribution in [0.2, 0.25) is 0 Å². The van der Waals surface area contributed by atoms with Crippen molar-refractivity contribution in [3.8, 4) is 0 Å². The molecule has 0 saturated heterocycles. The highest BCUT2D eigenvalue weighted by atomic mass is 79.9. The second-order valence-electron chi connectivity index (χ2n) is 7.49. The van der Waals surface area contributed by atoms with E-state index in [0.29, 0.717) is 5.33 Å². The molecular weight excluding hydrogens is 463 g/mol. The van der Waals surface area contributed by atoms with E-state index < -0.39 is 6.95 Å². The van der Waals surface area contributed by atoms with Crippen molar-refractivity contribution in [2.45, 2.75) is 109 Å². The Morgan fingerprint density at radius 1 is 0.821 bits per heavy atom. The molecule has 0 N–H and O–H groups in total. The number of rotatable bonds is 22. The monoisotopic (exact) mass is 504 g/mol. The van der Waals surface area contributed by atoms with Gasteiger partial charge >= 0.3 is 6.95 Å². The van der Waals surface area contributed by atoms with Crippen molar-refractivity contribution in [1.82, 2.24) is 0 Å². The van der Waals surface area contributed by atoms with E-state index in [1.807, 2.05) is 0 Å². The normalized spacial score (nSPS) is 14.9. The smallest absolute Gasteiger partial charge is 0.379 e. The fourth-order valence-corrected chi connectivity index (χ4v) is 4.71. The molecule has 2 atom stereocenters. The molecule has 28 heavy (non-hydrogen) atoms. The average Bonchev–Trinajstić information content (AvgIpc) is 2.69. The van der Waals surface area contributed by atoms with Gasteiger partial charge in [-0.05, 0) is 6.42 Å². The summed E-state index contributed by atoms with van der Waals surface area (Å²) in [5.41, 5.74) is 0. The Kier molecular flexibility index (Phi) is 21.8. The van der Waals surface area contributed by atoms with E-state index >= 15 is 0 Å². The third-order valence-electron chi connectivity index (χ3n) is 4.95. The zero-order chi connectivity index (χ0) is 20.9. The Bertz CT molecular complexity index is 374. The Morgan fingerprint density at radius 2 is 1.29 bits per heavy atom. The van der Waals surface area contributed by atoms with Crippen LogP contribution in [-0.2, 0) is 18.3 Å². The quantitative estimate of drug-likeness (QED) is 0.0838. The summed E-state index contributed by atoms with van der Waals surface area (Å²) in [5.74, 6) is 0. The Hall–Kier alpha value is 0.880. The van der Waals surface area contributed by atoms with Gasteiger partial charge in [-0.1, -0.05) is 113 Å². The van der Waals surface area contributed by atoms with Gasteiger partial charge in [0.1, 0.15) is 0 Å². The fourth-order valence-electron chi connectivity index (χ4n) is 3.19. The summed E-state index contributed by atoms with van der Waals surface area (Å²) in [5, 5.41) is 0.569. The number of hydrogen-bond donors (Lipinski definition) is 0. The highest BCUT2D eigenvalue weighted by molar-refractivity contribution is 9.09. The molecule has 0 fully saturated rings. The number of alkyl halides is 1. The molecule has 170 valence electrons. The first-order chi connectivity index (χ1) is 13.6. The highest BCUT2D eigenvalue weighted by Crippen LogP contribution is 2.53. The minimum atomic E-state index is -3.49. The first kappa shape index (κ1) is 28.9. The zero-order valence-electron chi connectivity index (χ0n) is 18.1. The molecule has 0 amide bonds. The van der Waals surface area contributed by atoms with Gasteiger partial charge in [-0.3, -0.25) is 9.05 Å². The molecule has 0 rings (SSSR count). The van der Waals surface area contributed by atoms with E-state index in [1.165, 1.54) is 83.5 Å². The molecule has 0 spiro atoms. The first-order valence-corrected chi connectivity index (χ1v) is 14.8. The van der Waals surface area contributed by atoms with Crippen molar-refractivity contribution < 1.29 is 18.3 Å². The third-order valence-corrected chi connectivity index (χ3v) is 6.81. The molecule has 2 unspecified atom stereocenters. The van der Waals surface area contributed by atoms with Gasteiger partial charge in [-0.2, -0.15) is 0 Å². The number of unbranched alkanes of at least 4 members (excludes halogenated alkanes) is 13. The maximum Gasteiger partial charge on any atom is 0.424 e. The van der Waals surface area contributed by atoms with Gasteiger partial charge in [0.2, 0.25) is 0 Å². The van der Waals surface area contributed by atoms with Gasteiger partial charge in [0.25, 0.3) is 0 Å². The maximum atomic E-state index is 11.8. The van der Waals surface area contributed by atoms with Crippen LogP contribution < -0.4 is 0 Å². The molecule has 0 radical (unpaired) electrons. The van der Waals surface area contributed by atoms with E-state index in [4.69, 9.17) is 25.0 Å². The SMILES string of the molecule is CCCCCCCCCCCCCCCCC(COP(=O)(Cl)OCCBr)OC. The van der Waals surface area contributed by atoms with Crippen molar-refractivity contribution in [3.63, 3.8) is 0 Å². The van der Waals surface area contributed by atoms with E-state index in [9.17, 15) is 4.57 Å². The first-order valence-electron chi connectivity index (χ1n) is 11.2. The summed E-state index contributed by atoms with van der Waals surface area (Å²) in [6.07, 6.45) is 19.7. The number of halogens is 2. The minimum absolute atomic E-state index is 0.0861. The third kappa shape index (κ3) is 20.2. The second kappa shape index (κ2) is 21.1. The van der Waals surface area contributed by atoms with Crippen LogP contribution >= 0.6 is 34.1 Å². The van der Waals surface area contributed by atoms with Crippen molar-refractivity contribution in [1.29, 1.82) is 0 Å². The van der Waals surface area contributed by atoms with Crippen molar-refractivity contribution in [2.24, 2.45) is 0 Å². The Labute approximate surface area is 187 Å². The van der Waals surface area contributed by atoms with Crippen molar-refractivity contribution in [3.05, 3.63) is 0 Å². The van der Waals surface area contributed by atoms with Gasteiger partial charge in [-0.15, -0.1) is 0 Å². The van der Waals surface area contributed by atoms with E-state index in [-0.39, 0.29) is 19.3 Å². The van der Waals surface area contributed by atoms with Gasteiger partial charge in [0.05, 0.1) is 19.3 Å². The second-order valence-corrected chi connectivity index (χ2v) is 10.9. The summed E-state index contributed by atoms with van der Waals surface area (Å²) in [6, 6.07) is 0. The van der Waals surface area contributed by atoms with Crippen LogP contribution in [0.3, 0.4) is 0 Å². The van der Waals surface area contributed by atoms with Crippen molar-refractivity contribution >= 4 is 34.1 Å². The van der Waals surface area contributed by atoms with Crippen LogP contribution in [0.1, 0.15) is 103 Å². The molecule has 0 heterocycles. The average molecular weight is 506 g/mol. The standard InChI is InChI=1S/C21H43BrClO4P/c1-3-4-5-6-7-8-9-10-11-12-13-14-15-16-17-21(25-2)20-27-28(23,24)26-19-18-22/h21H,3-20H2,1-2H3. The largest absolute Gasteiger partial charge is 0.424 e. The van der Waals surface area contributed by atoms with E-state index in [1.54, 1.807) is 7.11 Å². The fraction of sp³-hybridized carbons (Fsp3) is 1.00. The minimum Gasteiger partial charge on any atom is -0.379 e.